The molecule has 2 heterocycles. The van der Waals surface area contributed by atoms with Gasteiger partial charge in [0, 0.05) is 25.7 Å². The van der Waals surface area contributed by atoms with E-state index < -0.39 is 0 Å². The Hall–Kier alpha value is -1.36. The molecular weight excluding hydrogens is 216 g/mol. The summed E-state index contributed by atoms with van der Waals surface area (Å²) in [5, 5.41) is 7.24. The molecule has 0 spiro atoms. The van der Waals surface area contributed by atoms with Crippen molar-refractivity contribution in [2.24, 2.45) is 0 Å². The molecule has 17 heavy (non-hydrogen) atoms. The van der Waals surface area contributed by atoms with Crippen LogP contribution in [-0.2, 0) is 13.1 Å². The molecule has 0 fully saturated rings. The van der Waals surface area contributed by atoms with Gasteiger partial charge >= 0.3 is 0 Å². The van der Waals surface area contributed by atoms with Crippen LogP contribution >= 0.6 is 0 Å². The predicted octanol–water partition coefficient (Wildman–Crippen LogP) is 0.857. The molecule has 0 saturated heterocycles. The van der Waals surface area contributed by atoms with Gasteiger partial charge in [0.25, 0.3) is 5.91 Å². The molecule has 2 rings (SSSR count). The van der Waals surface area contributed by atoms with Gasteiger partial charge < -0.3 is 10.2 Å². The van der Waals surface area contributed by atoms with Gasteiger partial charge in [-0.05, 0) is 33.4 Å². The Kier molecular flexibility index (Phi) is 3.47. The van der Waals surface area contributed by atoms with Gasteiger partial charge in [0.05, 0.1) is 5.69 Å². The zero-order valence-electron chi connectivity index (χ0n) is 10.7. The highest BCUT2D eigenvalue weighted by atomic mass is 16.2. The molecule has 5 nitrogen and oxygen atoms in total. The normalized spacial score (nSPS) is 16.7. The summed E-state index contributed by atoms with van der Waals surface area (Å²) in [5.41, 5.74) is 1.66. The Balaban J connectivity index is 2.17. The average molecular weight is 236 g/mol. The molecule has 1 aliphatic heterocycles. The molecule has 1 aromatic rings. The third-order valence-corrected chi connectivity index (χ3v) is 2.86. The lowest BCUT2D eigenvalue weighted by atomic mass is 10.3. The fourth-order valence-corrected chi connectivity index (χ4v) is 2.07. The second kappa shape index (κ2) is 4.87. The first-order valence-corrected chi connectivity index (χ1v) is 6.12. The van der Waals surface area contributed by atoms with E-state index in [-0.39, 0.29) is 11.9 Å². The van der Waals surface area contributed by atoms with Crippen LogP contribution < -0.4 is 5.32 Å². The van der Waals surface area contributed by atoms with Gasteiger partial charge in [-0.1, -0.05) is 0 Å². The van der Waals surface area contributed by atoms with Crippen molar-refractivity contribution in [2.75, 3.05) is 13.6 Å². The van der Waals surface area contributed by atoms with Crippen molar-refractivity contribution in [1.82, 2.24) is 20.0 Å². The Morgan fingerprint density at radius 1 is 1.47 bits per heavy atom. The minimum absolute atomic E-state index is 0.0803. The number of nitrogens with one attached hydrogen (secondary N) is 1. The van der Waals surface area contributed by atoms with Crippen molar-refractivity contribution in [3.05, 3.63) is 17.5 Å². The predicted molar refractivity (Wildman–Crippen MR) is 65.8 cm³/mol. The minimum Gasteiger partial charge on any atom is -0.348 e. The summed E-state index contributed by atoms with van der Waals surface area (Å²) < 4.78 is 1.96. The van der Waals surface area contributed by atoms with E-state index in [9.17, 15) is 4.79 Å². The van der Waals surface area contributed by atoms with Gasteiger partial charge in [-0.25, -0.2) is 0 Å². The van der Waals surface area contributed by atoms with Crippen LogP contribution in [0.3, 0.4) is 0 Å². The maximum Gasteiger partial charge on any atom is 0.271 e. The van der Waals surface area contributed by atoms with Crippen LogP contribution in [0, 0.1) is 0 Å². The third kappa shape index (κ3) is 2.85. The molecule has 0 radical (unpaired) electrons. The number of nitrogens with zero attached hydrogens (tertiary/aromatic N) is 3. The lowest BCUT2D eigenvalue weighted by Crippen LogP contribution is -2.30. The number of hydrogen-bond donors (Lipinski definition) is 1. The molecule has 1 aromatic heterocycles. The molecule has 0 bridgehead atoms. The Bertz CT molecular complexity index is 411. The Labute approximate surface area is 102 Å². The largest absolute Gasteiger partial charge is 0.348 e. The molecule has 1 N–H and O–H groups in total. The first-order chi connectivity index (χ1) is 8.06. The number of amides is 1. The SMILES string of the molecule is CC(C)NC(=O)c1cc2n(n1)CCCN(C)C2. The van der Waals surface area contributed by atoms with E-state index >= 15 is 0 Å². The van der Waals surface area contributed by atoms with E-state index in [1.807, 2.05) is 24.6 Å². The highest BCUT2D eigenvalue weighted by molar-refractivity contribution is 5.92. The molecule has 5 heteroatoms. The topological polar surface area (TPSA) is 50.2 Å². The fraction of sp³-hybridized carbons (Fsp3) is 0.667. The lowest BCUT2D eigenvalue weighted by molar-refractivity contribution is 0.0937. The molecule has 0 aromatic carbocycles. The summed E-state index contributed by atoms with van der Waals surface area (Å²) in [7, 11) is 2.09. The summed E-state index contributed by atoms with van der Waals surface area (Å²) in [4.78, 5) is 14.1. The smallest absolute Gasteiger partial charge is 0.271 e. The van der Waals surface area contributed by atoms with Crippen LogP contribution in [0.4, 0.5) is 0 Å². The van der Waals surface area contributed by atoms with Gasteiger partial charge in [-0.3, -0.25) is 9.48 Å². The number of aromatic nitrogens is 2. The van der Waals surface area contributed by atoms with E-state index in [4.69, 9.17) is 0 Å². The second-order valence-corrected chi connectivity index (χ2v) is 4.96. The monoisotopic (exact) mass is 236 g/mol. The van der Waals surface area contributed by atoms with Crippen LogP contribution in [-0.4, -0.2) is 40.2 Å². The van der Waals surface area contributed by atoms with Crippen molar-refractivity contribution in [2.45, 2.75) is 39.4 Å². The van der Waals surface area contributed by atoms with Crippen molar-refractivity contribution >= 4 is 5.91 Å². The number of hydrogen-bond acceptors (Lipinski definition) is 3. The van der Waals surface area contributed by atoms with Crippen molar-refractivity contribution in [1.29, 1.82) is 0 Å². The van der Waals surface area contributed by atoms with E-state index in [0.29, 0.717) is 5.69 Å². The number of rotatable bonds is 2. The van der Waals surface area contributed by atoms with Crippen LogP contribution in [0.1, 0.15) is 36.5 Å². The highest BCUT2D eigenvalue weighted by Crippen LogP contribution is 2.12. The first-order valence-electron chi connectivity index (χ1n) is 6.12. The zero-order valence-corrected chi connectivity index (χ0v) is 10.7. The van der Waals surface area contributed by atoms with E-state index in [0.717, 1.165) is 31.7 Å². The molecule has 0 unspecified atom stereocenters. The summed E-state index contributed by atoms with van der Waals surface area (Å²) in [5.74, 6) is -0.0803. The van der Waals surface area contributed by atoms with Gasteiger partial charge in [-0.15, -0.1) is 0 Å². The number of carbonyl (C=O) groups excluding carboxylic acids is 1. The minimum atomic E-state index is -0.0803. The van der Waals surface area contributed by atoms with Gasteiger partial charge in [0.1, 0.15) is 5.69 Å². The highest BCUT2D eigenvalue weighted by Gasteiger charge is 2.17. The summed E-state index contributed by atoms with van der Waals surface area (Å²) in [6.45, 7) is 6.74. The maximum atomic E-state index is 11.8. The fourth-order valence-electron chi connectivity index (χ4n) is 2.07. The van der Waals surface area contributed by atoms with Crippen LogP contribution in [0.25, 0.3) is 0 Å². The standard InChI is InChI=1S/C12H20N4O/c1-9(2)13-12(17)11-7-10-8-15(3)5-4-6-16(10)14-11/h7,9H,4-6,8H2,1-3H3,(H,13,17). The molecule has 0 aliphatic carbocycles. The average Bonchev–Trinajstić information content (AvgIpc) is 2.53. The van der Waals surface area contributed by atoms with Crippen molar-refractivity contribution in [3.63, 3.8) is 0 Å². The van der Waals surface area contributed by atoms with Gasteiger partial charge in [-0.2, -0.15) is 5.10 Å². The maximum absolute atomic E-state index is 11.8. The third-order valence-electron chi connectivity index (χ3n) is 2.86. The summed E-state index contributed by atoms with van der Waals surface area (Å²) >= 11 is 0. The van der Waals surface area contributed by atoms with Gasteiger partial charge in [0.15, 0.2) is 0 Å². The molecule has 0 atom stereocenters. The molecular formula is C12H20N4O. The quantitative estimate of drug-likeness (QED) is 0.828. The lowest BCUT2D eigenvalue weighted by Gasteiger charge is -2.10. The number of aryl methyl sites for hydroxylation is 1. The van der Waals surface area contributed by atoms with Crippen LogP contribution in [0.5, 0.6) is 0 Å². The second-order valence-electron chi connectivity index (χ2n) is 4.96. The number of carbonyl (C=O) groups is 1. The zero-order chi connectivity index (χ0) is 12.4. The molecule has 94 valence electrons. The first kappa shape index (κ1) is 12.1. The van der Waals surface area contributed by atoms with Crippen LogP contribution in [0.15, 0.2) is 6.07 Å². The van der Waals surface area contributed by atoms with Crippen molar-refractivity contribution < 1.29 is 4.79 Å². The number of fused-ring (bicyclic) bond motifs is 1. The van der Waals surface area contributed by atoms with E-state index in [1.165, 1.54) is 0 Å². The van der Waals surface area contributed by atoms with E-state index in [2.05, 4.69) is 22.4 Å². The van der Waals surface area contributed by atoms with Crippen molar-refractivity contribution in [3.8, 4) is 0 Å². The van der Waals surface area contributed by atoms with E-state index in [1.54, 1.807) is 0 Å². The molecule has 0 saturated carbocycles. The molecule has 1 amide bonds. The summed E-state index contributed by atoms with van der Waals surface area (Å²) in [6, 6.07) is 2.05. The van der Waals surface area contributed by atoms with Crippen LogP contribution in [0.2, 0.25) is 0 Å². The van der Waals surface area contributed by atoms with Gasteiger partial charge in [0.2, 0.25) is 0 Å². The summed E-state index contributed by atoms with van der Waals surface area (Å²) in [6.07, 6.45) is 1.08. The Morgan fingerprint density at radius 3 is 2.94 bits per heavy atom. The Morgan fingerprint density at radius 2 is 2.24 bits per heavy atom. The molecule has 1 aliphatic rings.